The number of pyridine rings is 1. The lowest BCUT2D eigenvalue weighted by molar-refractivity contribution is 0.939. The molecule has 0 saturated carbocycles. The lowest BCUT2D eigenvalue weighted by Crippen LogP contribution is -2.04. The molecule has 0 radical (unpaired) electrons. The van der Waals surface area contributed by atoms with Crippen molar-refractivity contribution in [2.45, 2.75) is 6.54 Å². The van der Waals surface area contributed by atoms with E-state index in [0.717, 1.165) is 22.5 Å². The number of hydrogen-bond acceptors (Lipinski definition) is 6. The second kappa shape index (κ2) is 5.80. The summed E-state index contributed by atoms with van der Waals surface area (Å²) in [6.45, 7) is 0.553. The third kappa shape index (κ3) is 2.71. The van der Waals surface area contributed by atoms with Gasteiger partial charge in [-0.05, 0) is 24.3 Å². The van der Waals surface area contributed by atoms with Crippen LogP contribution in [0.1, 0.15) is 5.56 Å². The predicted octanol–water partition coefficient (Wildman–Crippen LogP) is 2.19. The first-order valence-electron chi connectivity index (χ1n) is 7.15. The van der Waals surface area contributed by atoms with Crippen molar-refractivity contribution in [1.29, 1.82) is 0 Å². The van der Waals surface area contributed by atoms with Gasteiger partial charge >= 0.3 is 0 Å². The Labute approximate surface area is 132 Å². The number of nitrogens with one attached hydrogen (secondary N) is 1. The van der Waals surface area contributed by atoms with Crippen molar-refractivity contribution >= 4 is 11.6 Å². The minimum Gasteiger partial charge on any atom is -0.350 e. The smallest absolute Gasteiger partial charge is 0.223 e. The van der Waals surface area contributed by atoms with Crippen LogP contribution in [0.2, 0.25) is 0 Å². The average molecular weight is 303 g/mol. The predicted molar refractivity (Wildman–Crippen MR) is 85.6 cm³/mol. The maximum Gasteiger partial charge on any atom is 0.223 e. The molecule has 0 spiro atoms. The number of anilines is 1. The Morgan fingerprint density at radius 1 is 1.00 bits per heavy atom. The second-order valence-electron chi connectivity index (χ2n) is 4.92. The summed E-state index contributed by atoms with van der Waals surface area (Å²) in [5.41, 5.74) is 3.59. The second-order valence-corrected chi connectivity index (χ2v) is 4.92. The molecule has 23 heavy (non-hydrogen) atoms. The van der Waals surface area contributed by atoms with Gasteiger partial charge in [-0.3, -0.25) is 4.98 Å². The molecular formula is C16H13N7. The van der Waals surface area contributed by atoms with E-state index in [2.05, 4.69) is 30.4 Å². The monoisotopic (exact) mass is 303 g/mol. The highest BCUT2D eigenvalue weighted by Crippen LogP contribution is 2.16. The lowest BCUT2D eigenvalue weighted by Gasteiger charge is -2.05. The third-order valence-corrected chi connectivity index (χ3v) is 3.40. The van der Waals surface area contributed by atoms with Gasteiger partial charge in [0.25, 0.3) is 0 Å². The number of aromatic nitrogens is 6. The van der Waals surface area contributed by atoms with Crippen LogP contribution in [-0.2, 0) is 6.54 Å². The van der Waals surface area contributed by atoms with Gasteiger partial charge in [0.1, 0.15) is 0 Å². The Morgan fingerprint density at radius 2 is 2.00 bits per heavy atom. The highest BCUT2D eigenvalue weighted by Gasteiger charge is 2.06. The van der Waals surface area contributed by atoms with Crippen molar-refractivity contribution in [3.05, 3.63) is 67.0 Å². The van der Waals surface area contributed by atoms with Gasteiger partial charge < -0.3 is 5.32 Å². The van der Waals surface area contributed by atoms with Gasteiger partial charge in [0.15, 0.2) is 5.65 Å². The van der Waals surface area contributed by atoms with Gasteiger partial charge in [0.05, 0.1) is 11.9 Å². The van der Waals surface area contributed by atoms with Gasteiger partial charge in [-0.15, -0.1) is 0 Å². The molecule has 0 aromatic carbocycles. The molecule has 4 rings (SSSR count). The molecule has 0 unspecified atom stereocenters. The molecular weight excluding hydrogens is 290 g/mol. The Kier molecular flexibility index (Phi) is 3.36. The number of fused-ring (bicyclic) bond motifs is 1. The summed E-state index contributed by atoms with van der Waals surface area (Å²) in [7, 11) is 0. The molecule has 0 aliphatic rings. The Bertz CT molecular complexity index is 933. The largest absolute Gasteiger partial charge is 0.350 e. The van der Waals surface area contributed by atoms with Crippen molar-refractivity contribution < 1.29 is 0 Å². The van der Waals surface area contributed by atoms with Crippen LogP contribution in [0.4, 0.5) is 5.95 Å². The Balaban J connectivity index is 1.55. The van der Waals surface area contributed by atoms with Crippen LogP contribution in [0.3, 0.4) is 0 Å². The maximum atomic E-state index is 4.51. The Hall–Kier alpha value is -3.35. The molecule has 7 nitrogen and oxygen atoms in total. The highest BCUT2D eigenvalue weighted by molar-refractivity contribution is 5.58. The molecule has 4 aromatic heterocycles. The van der Waals surface area contributed by atoms with Crippen LogP contribution in [0, 0.1) is 0 Å². The van der Waals surface area contributed by atoms with Crippen LogP contribution < -0.4 is 5.32 Å². The number of rotatable bonds is 4. The maximum absolute atomic E-state index is 4.51. The first-order chi connectivity index (χ1) is 11.4. The van der Waals surface area contributed by atoms with E-state index in [9.17, 15) is 0 Å². The Morgan fingerprint density at radius 3 is 2.91 bits per heavy atom. The number of nitrogens with zero attached hydrogens (tertiary/aromatic N) is 6. The van der Waals surface area contributed by atoms with Gasteiger partial charge in [-0.2, -0.15) is 5.10 Å². The molecule has 7 heteroatoms. The zero-order chi connectivity index (χ0) is 15.5. The van der Waals surface area contributed by atoms with Crippen molar-refractivity contribution in [2.75, 3.05) is 5.32 Å². The van der Waals surface area contributed by atoms with Crippen molar-refractivity contribution in [2.24, 2.45) is 0 Å². The molecule has 4 aromatic rings. The molecule has 4 heterocycles. The molecule has 112 valence electrons. The molecule has 0 aliphatic carbocycles. The van der Waals surface area contributed by atoms with E-state index in [1.54, 1.807) is 35.5 Å². The fourth-order valence-corrected chi connectivity index (χ4v) is 2.29. The molecule has 0 atom stereocenters. The van der Waals surface area contributed by atoms with Gasteiger partial charge in [-0.25, -0.2) is 19.5 Å². The quantitative estimate of drug-likeness (QED) is 0.622. The highest BCUT2D eigenvalue weighted by atomic mass is 15.2. The average Bonchev–Trinajstić information content (AvgIpc) is 3.04. The van der Waals surface area contributed by atoms with Crippen LogP contribution >= 0.6 is 0 Å². The molecule has 1 N–H and O–H groups in total. The minimum atomic E-state index is 0.553. The molecule has 0 fully saturated rings. The fourth-order valence-electron chi connectivity index (χ4n) is 2.29. The van der Waals surface area contributed by atoms with E-state index < -0.39 is 0 Å². The minimum absolute atomic E-state index is 0.553. The standard InChI is InChI=1S/C16H13N7/c1-3-12(9-17-5-1)14-4-7-19-16(22-14)20-10-13-11-21-23-8-2-6-18-15(13)23/h1-9,11H,10H2,(H,19,20,22). The van der Waals surface area contributed by atoms with E-state index in [4.69, 9.17) is 0 Å². The summed E-state index contributed by atoms with van der Waals surface area (Å²) in [6, 6.07) is 7.56. The topological polar surface area (TPSA) is 80.9 Å². The summed E-state index contributed by atoms with van der Waals surface area (Å²) in [6.07, 6.45) is 10.7. The van der Waals surface area contributed by atoms with E-state index in [-0.39, 0.29) is 0 Å². The van der Waals surface area contributed by atoms with Gasteiger partial charge in [0.2, 0.25) is 5.95 Å². The molecule has 0 amide bonds. The van der Waals surface area contributed by atoms with Crippen molar-refractivity contribution in [3.8, 4) is 11.3 Å². The van der Waals surface area contributed by atoms with Crippen LogP contribution in [0.5, 0.6) is 0 Å². The van der Waals surface area contributed by atoms with Crippen LogP contribution in [0.15, 0.2) is 61.4 Å². The van der Waals surface area contributed by atoms with Gasteiger partial charge in [-0.1, -0.05) is 0 Å². The normalized spacial score (nSPS) is 10.8. The van der Waals surface area contributed by atoms with Crippen LogP contribution in [0.25, 0.3) is 16.9 Å². The summed E-state index contributed by atoms with van der Waals surface area (Å²) in [4.78, 5) is 17.2. The van der Waals surface area contributed by atoms with E-state index in [0.29, 0.717) is 12.5 Å². The van der Waals surface area contributed by atoms with Gasteiger partial charge in [0, 0.05) is 48.7 Å². The van der Waals surface area contributed by atoms with E-state index in [1.165, 1.54) is 0 Å². The summed E-state index contributed by atoms with van der Waals surface area (Å²) in [5, 5.41) is 7.47. The molecule has 0 bridgehead atoms. The summed E-state index contributed by atoms with van der Waals surface area (Å²) < 4.78 is 1.74. The summed E-state index contributed by atoms with van der Waals surface area (Å²) >= 11 is 0. The number of hydrogen-bond donors (Lipinski definition) is 1. The van der Waals surface area contributed by atoms with E-state index in [1.807, 2.05) is 30.5 Å². The zero-order valence-electron chi connectivity index (χ0n) is 12.2. The van der Waals surface area contributed by atoms with Crippen molar-refractivity contribution in [3.63, 3.8) is 0 Å². The van der Waals surface area contributed by atoms with Crippen molar-refractivity contribution in [1.82, 2.24) is 29.5 Å². The van der Waals surface area contributed by atoms with Crippen LogP contribution in [-0.4, -0.2) is 29.5 Å². The third-order valence-electron chi connectivity index (χ3n) is 3.40. The lowest BCUT2D eigenvalue weighted by atomic mass is 10.2. The molecule has 0 aliphatic heterocycles. The first-order valence-corrected chi connectivity index (χ1v) is 7.15. The SMILES string of the molecule is c1cncc(-c2ccnc(NCc3cnn4cccnc34)n2)c1. The first kappa shape index (κ1) is 13.3. The molecule has 0 saturated heterocycles. The zero-order valence-corrected chi connectivity index (χ0v) is 12.2. The van der Waals surface area contributed by atoms with E-state index >= 15 is 0 Å². The fraction of sp³-hybridized carbons (Fsp3) is 0.0625. The summed E-state index contributed by atoms with van der Waals surface area (Å²) in [5.74, 6) is 0.557.